The Morgan fingerprint density at radius 3 is 2.03 bits per heavy atom. The normalized spacial score (nSPS) is 32.3. The van der Waals surface area contributed by atoms with Gasteiger partial charge in [0.05, 0.1) is 84.4 Å². The number of allylic oxidation sites excluding steroid dienone is 6. The minimum Gasteiger partial charge on any atom is -0.460 e. The largest absolute Gasteiger partial charge is 0.460 e. The first-order valence-corrected chi connectivity index (χ1v) is 32.7. The number of nitrogens with one attached hydrogen (secondary N) is 2. The van der Waals surface area contributed by atoms with Crippen LogP contribution in [0.25, 0.3) is 0 Å². The molecule has 3 amide bonds. The Kier molecular flexibility index (Phi) is 36.0. The van der Waals surface area contributed by atoms with Crippen molar-refractivity contribution >= 4 is 41.2 Å². The Balaban J connectivity index is 1.40. The van der Waals surface area contributed by atoms with E-state index in [0.717, 1.165) is 5.57 Å². The van der Waals surface area contributed by atoms with E-state index in [9.17, 15) is 43.8 Å². The van der Waals surface area contributed by atoms with Crippen molar-refractivity contribution in [2.45, 2.75) is 193 Å². The third kappa shape index (κ3) is 26.0. The van der Waals surface area contributed by atoms with E-state index in [1.807, 2.05) is 58.1 Å². The highest BCUT2D eigenvalue weighted by molar-refractivity contribution is 6.39. The molecule has 4 N–H and O–H groups in total. The van der Waals surface area contributed by atoms with Gasteiger partial charge >= 0.3 is 12.1 Å². The number of aliphatic hydroxyl groups excluding tert-OH is 1. The summed E-state index contributed by atoms with van der Waals surface area (Å²) in [5.41, 5.74) is 1.22. The number of hydrogen-bond acceptors (Lipinski definition) is 20. The fourth-order valence-corrected chi connectivity index (χ4v) is 12.1. The van der Waals surface area contributed by atoms with Gasteiger partial charge in [-0.15, -0.1) is 0 Å². The molecule has 90 heavy (non-hydrogen) atoms. The molecule has 1 aliphatic carbocycles. The molecule has 0 unspecified atom stereocenters. The fourth-order valence-electron chi connectivity index (χ4n) is 12.1. The summed E-state index contributed by atoms with van der Waals surface area (Å²) in [6.45, 7) is 18.9. The number of esters is 1. The van der Waals surface area contributed by atoms with Crippen LogP contribution in [-0.4, -0.2) is 218 Å². The standard InChI is InChI=1S/C67H109N3O20/c1-12-68-59(72)25-28-83-30-32-85-34-36-87-37-35-86-33-31-84-29-26-69-66(78)89-55-24-22-51(41-58(55)81-10)40-47(5)57-43-54(71)46(4)39-49(7)61(74)62(82-11)60(73)48(6)38-44(2)18-14-13-15-19-45(3)56(80-9)42-52-23-21-50(8)67(79,90-52)63(75)64(76)70-27-17-16-20-53(70)65(77)88-57/h13-15,18-19,39,44,46-48,50-53,55-58,61-62,74,79H,12,16-17,20-38,40-43H2,1-11H3,(H,68,72)(H,69,78)/b15-13+,18-14+,45-19+,49-39+/t44-,46-,47-,48-,50-,51+,52+,53+,55-,56+,57+,58-,61-,62+,67-/m1/s1. The average molecular weight is 1280 g/mol. The summed E-state index contributed by atoms with van der Waals surface area (Å²) >= 11 is 0. The quantitative estimate of drug-likeness (QED) is 0.0310. The van der Waals surface area contributed by atoms with Crippen molar-refractivity contribution < 1.29 is 95.9 Å². The van der Waals surface area contributed by atoms with Crippen LogP contribution in [0.1, 0.15) is 139 Å². The topological polar surface area (TPSA) is 289 Å². The summed E-state index contributed by atoms with van der Waals surface area (Å²) in [5, 5.41) is 29.1. The lowest BCUT2D eigenvalue weighted by Crippen LogP contribution is -2.61. The fraction of sp³-hybridized carbons (Fsp3) is 0.776. The number of hydrogen-bond donors (Lipinski definition) is 4. The SMILES string of the molecule is CCNC(=O)CCOCCOCCOCCOCCOCCNC(=O)O[C@@H]1CC[C@@H](C[C@@H](C)[C@@H]2CC(=O)[C@H](C)/C=C(\C)[C@@H](O)[C@@H](OC)C(=O)[C@H](C)C[C@H](C)/C=C/C=C/C=C(\C)[C@@H](OC)C[C@@H]3CC[C@@H](C)[C@@](O)(O3)C(=O)C(=O)N3CCCC[C@H]3C(=O)O2)C[C@H]1OC. The lowest BCUT2D eigenvalue weighted by atomic mass is 9.78. The number of aliphatic hydroxyl groups is 2. The monoisotopic (exact) mass is 1280 g/mol. The van der Waals surface area contributed by atoms with Gasteiger partial charge in [-0.2, -0.15) is 0 Å². The number of ether oxygens (including phenoxy) is 11. The van der Waals surface area contributed by atoms with Crippen molar-refractivity contribution in [2.24, 2.45) is 35.5 Å². The molecular formula is C67H109N3O20. The van der Waals surface area contributed by atoms with E-state index < -0.39 is 102 Å². The van der Waals surface area contributed by atoms with Crippen LogP contribution < -0.4 is 10.6 Å². The average Bonchev–Trinajstić information content (AvgIpc) is 0.805. The molecule has 3 heterocycles. The second kappa shape index (κ2) is 41.7. The number of alkyl carbamates (subject to hydrolysis) is 1. The van der Waals surface area contributed by atoms with Gasteiger partial charge in [-0.3, -0.25) is 24.0 Å². The molecule has 512 valence electrons. The zero-order valence-corrected chi connectivity index (χ0v) is 55.6. The number of ketones is 3. The summed E-state index contributed by atoms with van der Waals surface area (Å²) < 4.78 is 63.3. The highest BCUT2D eigenvalue weighted by Gasteiger charge is 2.53. The van der Waals surface area contributed by atoms with E-state index in [1.165, 1.54) is 12.0 Å². The highest BCUT2D eigenvalue weighted by Crippen LogP contribution is 2.38. The zero-order chi connectivity index (χ0) is 66.2. The van der Waals surface area contributed by atoms with Crippen LogP contribution in [0.2, 0.25) is 0 Å². The van der Waals surface area contributed by atoms with Crippen LogP contribution in [0, 0.1) is 35.5 Å². The summed E-state index contributed by atoms with van der Waals surface area (Å²) in [7, 11) is 4.49. The highest BCUT2D eigenvalue weighted by atomic mass is 16.6. The predicted molar refractivity (Wildman–Crippen MR) is 335 cm³/mol. The van der Waals surface area contributed by atoms with Crippen LogP contribution in [0.5, 0.6) is 0 Å². The van der Waals surface area contributed by atoms with Crippen LogP contribution >= 0.6 is 0 Å². The van der Waals surface area contributed by atoms with Gasteiger partial charge in [0, 0.05) is 78.0 Å². The minimum atomic E-state index is -2.47. The first-order valence-electron chi connectivity index (χ1n) is 32.7. The molecule has 0 aromatic heterocycles. The number of carbonyl (C=O) groups excluding carboxylic acids is 7. The third-order valence-electron chi connectivity index (χ3n) is 17.6. The van der Waals surface area contributed by atoms with Gasteiger partial charge in [-0.05, 0) is 114 Å². The summed E-state index contributed by atoms with van der Waals surface area (Å²) in [4.78, 5) is 97.4. The lowest BCUT2D eigenvalue weighted by molar-refractivity contribution is -0.265. The van der Waals surface area contributed by atoms with E-state index in [2.05, 4.69) is 10.6 Å². The number of fused-ring (bicyclic) bond motifs is 3. The second-order valence-corrected chi connectivity index (χ2v) is 24.7. The smallest absolute Gasteiger partial charge is 0.407 e. The first-order chi connectivity index (χ1) is 43.1. The number of piperidine rings is 1. The Hall–Kier alpha value is -4.79. The molecule has 0 aromatic rings. The molecule has 3 aliphatic heterocycles. The maximum absolute atomic E-state index is 14.7. The van der Waals surface area contributed by atoms with Gasteiger partial charge in [-0.25, -0.2) is 9.59 Å². The molecule has 15 atom stereocenters. The second-order valence-electron chi connectivity index (χ2n) is 24.7. The maximum Gasteiger partial charge on any atom is 0.407 e. The van der Waals surface area contributed by atoms with Crippen molar-refractivity contribution in [3.63, 3.8) is 0 Å². The molecule has 0 spiro atoms. The molecule has 0 radical (unpaired) electrons. The van der Waals surface area contributed by atoms with Crippen molar-refractivity contribution in [1.82, 2.24) is 15.5 Å². The van der Waals surface area contributed by atoms with Gasteiger partial charge in [-0.1, -0.05) is 71.1 Å². The number of rotatable bonds is 26. The van der Waals surface area contributed by atoms with Crippen LogP contribution in [0.3, 0.4) is 0 Å². The van der Waals surface area contributed by atoms with Gasteiger partial charge in [0.2, 0.25) is 11.7 Å². The maximum atomic E-state index is 14.7. The van der Waals surface area contributed by atoms with E-state index in [4.69, 9.17) is 52.1 Å². The third-order valence-corrected chi connectivity index (χ3v) is 17.6. The Morgan fingerprint density at radius 1 is 0.744 bits per heavy atom. The number of nitrogens with zero attached hydrogens (tertiary/aromatic N) is 1. The lowest BCUT2D eigenvalue weighted by Gasteiger charge is -2.42. The van der Waals surface area contributed by atoms with E-state index >= 15 is 0 Å². The van der Waals surface area contributed by atoms with Crippen molar-refractivity contribution in [1.29, 1.82) is 0 Å². The number of methoxy groups -OCH3 is 3. The van der Waals surface area contributed by atoms with Gasteiger partial charge in [0.15, 0.2) is 5.78 Å². The van der Waals surface area contributed by atoms with E-state index in [0.29, 0.717) is 142 Å². The van der Waals surface area contributed by atoms with Gasteiger partial charge in [0.25, 0.3) is 11.7 Å². The summed E-state index contributed by atoms with van der Waals surface area (Å²) in [6.07, 6.45) is 9.85. The van der Waals surface area contributed by atoms with Gasteiger partial charge < -0.3 is 77.9 Å². The van der Waals surface area contributed by atoms with E-state index in [1.54, 1.807) is 48.0 Å². The number of Topliss-reactive ketones (excluding diaryl/α,β-unsaturated/α-hetero) is 3. The zero-order valence-electron chi connectivity index (χ0n) is 55.6. The summed E-state index contributed by atoms with van der Waals surface area (Å²) in [6, 6.07) is -1.20. The molecule has 4 rings (SSSR count). The number of carbonyl (C=O) groups is 7. The first kappa shape index (κ1) is 77.7. The summed E-state index contributed by atoms with van der Waals surface area (Å²) in [5.74, 6) is -8.60. The minimum absolute atomic E-state index is 0.00962. The molecule has 2 saturated heterocycles. The van der Waals surface area contributed by atoms with Crippen LogP contribution in [0.15, 0.2) is 47.6 Å². The molecule has 23 heteroatoms. The van der Waals surface area contributed by atoms with Crippen molar-refractivity contribution in [2.75, 3.05) is 107 Å². The Bertz CT molecular complexity index is 2350. The number of amides is 3. The molecule has 1 saturated carbocycles. The number of cyclic esters (lactones) is 1. The van der Waals surface area contributed by atoms with Crippen molar-refractivity contribution in [3.05, 3.63) is 47.6 Å². The Labute approximate surface area is 534 Å². The van der Waals surface area contributed by atoms with Crippen LogP contribution in [-0.2, 0) is 80.9 Å². The molecule has 4 aliphatic rings. The van der Waals surface area contributed by atoms with Crippen LogP contribution in [0.4, 0.5) is 4.79 Å². The van der Waals surface area contributed by atoms with E-state index in [-0.39, 0.29) is 61.8 Å². The molecule has 0 aromatic carbocycles. The van der Waals surface area contributed by atoms with Crippen molar-refractivity contribution in [3.8, 4) is 0 Å². The molecule has 3 fully saturated rings. The Morgan fingerprint density at radius 2 is 1.40 bits per heavy atom. The molecule has 2 bridgehead atoms. The predicted octanol–water partition coefficient (Wildman–Crippen LogP) is 6.52. The molecule has 23 nitrogen and oxygen atoms in total. The molecular weight excluding hydrogens is 1170 g/mol. The van der Waals surface area contributed by atoms with Gasteiger partial charge in [0.1, 0.15) is 36.2 Å².